The van der Waals surface area contributed by atoms with Crippen LogP contribution in [0.2, 0.25) is 0 Å². The SMILES string of the molecule is CCCCCC(C)NCC(CC(C)C)N(C)C. The Morgan fingerprint density at radius 3 is 2.18 bits per heavy atom. The van der Waals surface area contributed by atoms with Gasteiger partial charge >= 0.3 is 0 Å². The molecule has 0 saturated heterocycles. The van der Waals surface area contributed by atoms with E-state index in [4.69, 9.17) is 0 Å². The van der Waals surface area contributed by atoms with Crippen LogP contribution in [0.15, 0.2) is 0 Å². The number of likely N-dealkylation sites (N-methyl/N-ethyl adjacent to an activating group) is 1. The minimum absolute atomic E-state index is 0.663. The fourth-order valence-electron chi connectivity index (χ4n) is 2.16. The van der Waals surface area contributed by atoms with Crippen molar-refractivity contribution in [3.05, 3.63) is 0 Å². The van der Waals surface area contributed by atoms with Crippen molar-refractivity contribution in [3.8, 4) is 0 Å². The van der Waals surface area contributed by atoms with Gasteiger partial charge in [-0.1, -0.05) is 40.0 Å². The average molecular weight is 242 g/mol. The monoisotopic (exact) mass is 242 g/mol. The molecule has 0 aliphatic heterocycles. The van der Waals surface area contributed by atoms with Crippen LogP contribution in [0.3, 0.4) is 0 Å². The highest BCUT2D eigenvalue weighted by Gasteiger charge is 2.13. The van der Waals surface area contributed by atoms with Gasteiger partial charge in [0.05, 0.1) is 0 Å². The maximum absolute atomic E-state index is 3.69. The third kappa shape index (κ3) is 9.61. The van der Waals surface area contributed by atoms with Crippen molar-refractivity contribution in [2.24, 2.45) is 5.92 Å². The van der Waals surface area contributed by atoms with Crippen LogP contribution in [0, 0.1) is 5.92 Å². The van der Waals surface area contributed by atoms with Crippen LogP contribution in [0.1, 0.15) is 59.8 Å². The first-order chi connectivity index (χ1) is 7.97. The van der Waals surface area contributed by atoms with E-state index in [2.05, 4.69) is 52.0 Å². The summed E-state index contributed by atoms with van der Waals surface area (Å²) in [7, 11) is 4.38. The average Bonchev–Trinajstić information content (AvgIpc) is 2.23. The zero-order valence-corrected chi connectivity index (χ0v) is 12.9. The van der Waals surface area contributed by atoms with Crippen LogP contribution < -0.4 is 5.32 Å². The molecule has 0 aromatic heterocycles. The van der Waals surface area contributed by atoms with Gasteiger partial charge in [0.15, 0.2) is 0 Å². The molecule has 0 aliphatic rings. The molecular formula is C15H34N2. The summed E-state index contributed by atoms with van der Waals surface area (Å²) in [5, 5.41) is 3.69. The maximum Gasteiger partial charge on any atom is 0.0217 e. The first-order valence-corrected chi connectivity index (χ1v) is 7.37. The van der Waals surface area contributed by atoms with Crippen molar-refractivity contribution in [1.82, 2.24) is 10.2 Å². The molecule has 0 bridgehead atoms. The molecule has 0 aromatic rings. The van der Waals surface area contributed by atoms with E-state index in [9.17, 15) is 0 Å². The molecule has 2 unspecified atom stereocenters. The molecule has 0 saturated carbocycles. The number of rotatable bonds is 10. The molecule has 0 aliphatic carbocycles. The second-order valence-electron chi connectivity index (χ2n) is 6.05. The van der Waals surface area contributed by atoms with E-state index in [1.54, 1.807) is 0 Å². The molecule has 0 amide bonds. The van der Waals surface area contributed by atoms with Crippen LogP contribution in [-0.4, -0.2) is 37.6 Å². The highest BCUT2D eigenvalue weighted by Crippen LogP contribution is 2.09. The predicted octanol–water partition coefficient (Wildman–Crippen LogP) is 3.52. The lowest BCUT2D eigenvalue weighted by Gasteiger charge is -2.28. The molecular weight excluding hydrogens is 208 g/mol. The lowest BCUT2D eigenvalue weighted by atomic mass is 10.0. The summed E-state index contributed by atoms with van der Waals surface area (Å²) < 4.78 is 0. The minimum atomic E-state index is 0.663. The van der Waals surface area contributed by atoms with Gasteiger partial charge in [0.25, 0.3) is 0 Å². The van der Waals surface area contributed by atoms with Crippen molar-refractivity contribution < 1.29 is 0 Å². The Balaban J connectivity index is 3.79. The smallest absolute Gasteiger partial charge is 0.0217 e. The number of nitrogens with one attached hydrogen (secondary N) is 1. The van der Waals surface area contributed by atoms with Gasteiger partial charge in [0.2, 0.25) is 0 Å². The highest BCUT2D eigenvalue weighted by molar-refractivity contribution is 4.73. The van der Waals surface area contributed by atoms with Crippen molar-refractivity contribution >= 4 is 0 Å². The third-order valence-electron chi connectivity index (χ3n) is 3.42. The zero-order valence-electron chi connectivity index (χ0n) is 12.9. The van der Waals surface area contributed by atoms with Gasteiger partial charge in [0, 0.05) is 18.6 Å². The summed E-state index contributed by atoms with van der Waals surface area (Å²) in [6.07, 6.45) is 6.65. The first-order valence-electron chi connectivity index (χ1n) is 7.37. The van der Waals surface area contributed by atoms with Crippen LogP contribution in [0.4, 0.5) is 0 Å². The molecule has 0 fully saturated rings. The largest absolute Gasteiger partial charge is 0.313 e. The highest BCUT2D eigenvalue weighted by atomic mass is 15.1. The van der Waals surface area contributed by atoms with Gasteiger partial charge in [-0.3, -0.25) is 0 Å². The molecule has 0 rings (SSSR count). The molecule has 2 nitrogen and oxygen atoms in total. The number of hydrogen-bond donors (Lipinski definition) is 1. The summed E-state index contributed by atoms with van der Waals surface area (Å²) in [4.78, 5) is 2.35. The summed E-state index contributed by atoms with van der Waals surface area (Å²) in [6, 6.07) is 1.33. The van der Waals surface area contributed by atoms with Crippen LogP contribution in [0.25, 0.3) is 0 Å². The summed E-state index contributed by atoms with van der Waals surface area (Å²) >= 11 is 0. The van der Waals surface area contributed by atoms with Crippen molar-refractivity contribution in [2.75, 3.05) is 20.6 Å². The molecule has 104 valence electrons. The van der Waals surface area contributed by atoms with Crippen molar-refractivity contribution in [2.45, 2.75) is 71.9 Å². The summed E-state index contributed by atoms with van der Waals surface area (Å²) in [5.41, 5.74) is 0. The van der Waals surface area contributed by atoms with Gasteiger partial charge in [-0.25, -0.2) is 0 Å². The molecule has 2 heteroatoms. The van der Waals surface area contributed by atoms with Crippen molar-refractivity contribution in [3.63, 3.8) is 0 Å². The van der Waals surface area contributed by atoms with Crippen LogP contribution in [0.5, 0.6) is 0 Å². The van der Waals surface area contributed by atoms with Crippen LogP contribution >= 0.6 is 0 Å². The van der Waals surface area contributed by atoms with E-state index in [0.29, 0.717) is 12.1 Å². The van der Waals surface area contributed by atoms with Crippen LogP contribution in [-0.2, 0) is 0 Å². The van der Waals surface area contributed by atoms with E-state index < -0.39 is 0 Å². The fraction of sp³-hybridized carbons (Fsp3) is 1.00. The van der Waals surface area contributed by atoms with E-state index >= 15 is 0 Å². The Morgan fingerprint density at radius 1 is 1.06 bits per heavy atom. The van der Waals surface area contributed by atoms with E-state index in [1.165, 1.54) is 32.1 Å². The maximum atomic E-state index is 3.69. The Bertz CT molecular complexity index is 166. The quantitative estimate of drug-likeness (QED) is 0.590. The topological polar surface area (TPSA) is 15.3 Å². The predicted molar refractivity (Wildman–Crippen MR) is 78.5 cm³/mol. The third-order valence-corrected chi connectivity index (χ3v) is 3.42. The number of unbranched alkanes of at least 4 members (excludes halogenated alkanes) is 2. The van der Waals surface area contributed by atoms with Gasteiger partial charge in [-0.15, -0.1) is 0 Å². The molecule has 17 heavy (non-hydrogen) atoms. The second kappa shape index (κ2) is 9.90. The fourth-order valence-corrected chi connectivity index (χ4v) is 2.16. The van der Waals surface area contributed by atoms with E-state index in [1.807, 2.05) is 0 Å². The Morgan fingerprint density at radius 2 is 1.71 bits per heavy atom. The Hall–Kier alpha value is -0.0800. The Labute approximate surface area is 109 Å². The van der Waals surface area contributed by atoms with Gasteiger partial charge in [-0.2, -0.15) is 0 Å². The second-order valence-corrected chi connectivity index (χ2v) is 6.05. The molecule has 1 N–H and O–H groups in total. The Kier molecular flexibility index (Phi) is 9.85. The van der Waals surface area contributed by atoms with Gasteiger partial charge < -0.3 is 10.2 Å². The summed E-state index contributed by atoms with van der Waals surface area (Å²) in [6.45, 7) is 10.3. The lowest BCUT2D eigenvalue weighted by molar-refractivity contribution is 0.240. The molecule has 0 heterocycles. The molecule has 2 atom stereocenters. The number of hydrogen-bond acceptors (Lipinski definition) is 2. The first kappa shape index (κ1) is 16.9. The van der Waals surface area contributed by atoms with E-state index in [-0.39, 0.29) is 0 Å². The van der Waals surface area contributed by atoms with Gasteiger partial charge in [-0.05, 0) is 39.8 Å². The van der Waals surface area contributed by atoms with Gasteiger partial charge in [0.1, 0.15) is 0 Å². The normalized spacial score (nSPS) is 15.5. The molecule has 0 spiro atoms. The zero-order chi connectivity index (χ0) is 13.3. The molecule has 0 radical (unpaired) electrons. The number of nitrogens with zero attached hydrogens (tertiary/aromatic N) is 1. The standard InChI is InChI=1S/C15H34N2/c1-7-8-9-10-14(4)16-12-15(17(5)6)11-13(2)3/h13-16H,7-12H2,1-6H3. The lowest BCUT2D eigenvalue weighted by Crippen LogP contribution is -2.41. The summed E-state index contributed by atoms with van der Waals surface area (Å²) in [5.74, 6) is 0.777. The minimum Gasteiger partial charge on any atom is -0.313 e. The van der Waals surface area contributed by atoms with Crippen molar-refractivity contribution in [1.29, 1.82) is 0 Å². The molecule has 0 aromatic carbocycles. The van der Waals surface area contributed by atoms with E-state index in [0.717, 1.165) is 12.5 Å².